The smallest absolute Gasteiger partial charge is 0.237 e. The first-order valence-corrected chi connectivity index (χ1v) is 11.1. The minimum atomic E-state index is -0.664. The molecule has 5 heterocycles. The summed E-state index contributed by atoms with van der Waals surface area (Å²) in [5.41, 5.74) is 0.874. The molecule has 2 aliphatic rings. The average molecular weight is 448 g/mol. The maximum absolute atomic E-state index is 13.9. The molecule has 0 bridgehead atoms. The topological polar surface area (TPSA) is 77.5 Å². The molecule has 1 fully saturated rings. The van der Waals surface area contributed by atoms with Crippen molar-refractivity contribution in [2.75, 3.05) is 11.4 Å². The number of aryl methyl sites for hydroxylation is 1. The van der Waals surface area contributed by atoms with Crippen LogP contribution >= 0.6 is 0 Å². The zero-order valence-electron chi connectivity index (χ0n) is 18.3. The van der Waals surface area contributed by atoms with Gasteiger partial charge < -0.3 is 4.90 Å². The van der Waals surface area contributed by atoms with Crippen LogP contribution < -0.4 is 4.90 Å². The Bertz CT molecular complexity index is 1360. The lowest BCUT2D eigenvalue weighted by molar-refractivity contribution is 0.274. The molecule has 1 aromatic carbocycles. The molecule has 8 nitrogen and oxygen atoms in total. The molecule has 6 rings (SSSR count). The van der Waals surface area contributed by atoms with E-state index in [1.54, 1.807) is 23.2 Å². The molecular formula is C23H22F2N8. The lowest BCUT2D eigenvalue weighted by atomic mass is 9.82. The number of aromatic nitrogens is 7. The highest BCUT2D eigenvalue weighted by molar-refractivity contribution is 5.65. The van der Waals surface area contributed by atoms with E-state index in [9.17, 15) is 8.78 Å². The molecule has 0 N–H and O–H groups in total. The van der Waals surface area contributed by atoms with Crippen molar-refractivity contribution in [3.63, 3.8) is 0 Å². The van der Waals surface area contributed by atoms with Gasteiger partial charge in [0.1, 0.15) is 34.5 Å². The maximum atomic E-state index is 13.9. The first-order chi connectivity index (χ1) is 16.0. The fraction of sp³-hybridized carbons (Fsp3) is 0.348. The van der Waals surface area contributed by atoms with Crippen LogP contribution in [0.25, 0.3) is 23.0 Å². The van der Waals surface area contributed by atoms with Gasteiger partial charge in [0.15, 0.2) is 11.6 Å². The van der Waals surface area contributed by atoms with E-state index in [0.717, 1.165) is 61.4 Å². The van der Waals surface area contributed by atoms with E-state index in [-0.39, 0.29) is 5.54 Å². The number of halogens is 2. The predicted molar refractivity (Wildman–Crippen MR) is 117 cm³/mol. The van der Waals surface area contributed by atoms with Crippen LogP contribution in [0.2, 0.25) is 0 Å². The fourth-order valence-electron chi connectivity index (χ4n) is 5.25. The molecule has 4 aromatic rings. The van der Waals surface area contributed by atoms with E-state index in [2.05, 4.69) is 36.6 Å². The highest BCUT2D eigenvalue weighted by Crippen LogP contribution is 2.48. The van der Waals surface area contributed by atoms with Crippen molar-refractivity contribution in [3.05, 3.63) is 60.1 Å². The van der Waals surface area contributed by atoms with Crippen LogP contribution in [0, 0.1) is 18.6 Å². The van der Waals surface area contributed by atoms with Crippen LogP contribution in [-0.4, -0.2) is 40.8 Å². The molecule has 0 radical (unpaired) electrons. The molecule has 1 unspecified atom stereocenters. The number of piperidine rings is 1. The predicted octanol–water partition coefficient (Wildman–Crippen LogP) is 4.11. The molecule has 10 heteroatoms. The molecule has 0 aliphatic carbocycles. The molecule has 3 aromatic heterocycles. The second-order valence-electron chi connectivity index (χ2n) is 8.56. The molecule has 2 aliphatic heterocycles. The summed E-state index contributed by atoms with van der Waals surface area (Å²) in [4.78, 5) is 16.2. The number of benzene rings is 1. The van der Waals surface area contributed by atoms with Gasteiger partial charge in [-0.2, -0.15) is 4.98 Å². The van der Waals surface area contributed by atoms with Crippen molar-refractivity contribution in [3.8, 4) is 23.0 Å². The quantitative estimate of drug-likeness (QED) is 0.470. The van der Waals surface area contributed by atoms with Crippen LogP contribution in [0.4, 0.5) is 14.6 Å². The summed E-state index contributed by atoms with van der Waals surface area (Å²) in [5, 5.41) is 8.92. The summed E-state index contributed by atoms with van der Waals surface area (Å²) in [7, 11) is 0. The Kier molecular flexibility index (Phi) is 4.33. The van der Waals surface area contributed by atoms with Crippen molar-refractivity contribution in [2.45, 2.75) is 45.1 Å². The summed E-state index contributed by atoms with van der Waals surface area (Å²) in [6.07, 6.45) is 9.05. The van der Waals surface area contributed by atoms with E-state index in [4.69, 9.17) is 4.98 Å². The highest BCUT2D eigenvalue weighted by atomic mass is 19.1. The van der Waals surface area contributed by atoms with Gasteiger partial charge in [0.2, 0.25) is 5.95 Å². The van der Waals surface area contributed by atoms with E-state index in [1.165, 1.54) is 12.1 Å². The minimum Gasteiger partial charge on any atom is -0.342 e. The van der Waals surface area contributed by atoms with Gasteiger partial charge in [0, 0.05) is 30.6 Å². The summed E-state index contributed by atoms with van der Waals surface area (Å²) in [6, 6.07) is 3.34. The van der Waals surface area contributed by atoms with Gasteiger partial charge in [-0.05, 0) is 44.7 Å². The number of imidazole rings is 1. The van der Waals surface area contributed by atoms with E-state index in [0.29, 0.717) is 17.3 Å². The number of rotatable bonds is 3. The second kappa shape index (κ2) is 7.16. The van der Waals surface area contributed by atoms with Crippen LogP contribution in [0.1, 0.15) is 44.3 Å². The summed E-state index contributed by atoms with van der Waals surface area (Å²) in [6.45, 7) is 4.96. The Labute approximate surface area is 189 Å². The third-order valence-electron chi connectivity index (χ3n) is 6.78. The first-order valence-electron chi connectivity index (χ1n) is 11.1. The Hall–Kier alpha value is -3.69. The normalized spacial score (nSPS) is 19.2. The Morgan fingerprint density at radius 1 is 1.06 bits per heavy atom. The van der Waals surface area contributed by atoms with Gasteiger partial charge in [0.25, 0.3) is 0 Å². The number of hydrogen-bond donors (Lipinski definition) is 0. The van der Waals surface area contributed by atoms with Crippen molar-refractivity contribution in [1.82, 2.24) is 34.3 Å². The first kappa shape index (κ1) is 20.0. The molecule has 168 valence electrons. The van der Waals surface area contributed by atoms with Gasteiger partial charge in [0.05, 0.1) is 6.20 Å². The SMILES string of the molecule is CCC12CCCCN1c1nc(-n3ccnc3-c3cc(F)cc(F)c3)ncc1-n1c(C)nnc12. The molecular weight excluding hydrogens is 426 g/mol. The standard InChI is InChI=1S/C23H22F2N8/c1-3-23-6-4-5-8-32(23)20-18(33-14(2)29-30-21(23)33)13-27-22(28-20)31-9-7-26-19(31)15-10-16(24)12-17(25)11-15/h7,9-13H,3-6,8H2,1-2H3. The third kappa shape index (κ3) is 2.82. The maximum Gasteiger partial charge on any atom is 0.237 e. The fourth-order valence-corrected chi connectivity index (χ4v) is 5.25. The molecule has 0 saturated carbocycles. The average Bonchev–Trinajstić information content (AvgIpc) is 3.46. The second-order valence-corrected chi connectivity index (χ2v) is 8.56. The van der Waals surface area contributed by atoms with Gasteiger partial charge in [-0.3, -0.25) is 9.13 Å². The van der Waals surface area contributed by atoms with Gasteiger partial charge in [-0.15, -0.1) is 10.2 Å². The summed E-state index contributed by atoms with van der Waals surface area (Å²) < 4.78 is 31.4. The van der Waals surface area contributed by atoms with Crippen molar-refractivity contribution in [1.29, 1.82) is 0 Å². The number of anilines is 1. The van der Waals surface area contributed by atoms with Crippen molar-refractivity contribution in [2.24, 2.45) is 0 Å². The van der Waals surface area contributed by atoms with Crippen LogP contribution in [0.3, 0.4) is 0 Å². The monoisotopic (exact) mass is 448 g/mol. The van der Waals surface area contributed by atoms with Crippen LogP contribution in [0.15, 0.2) is 36.8 Å². The van der Waals surface area contributed by atoms with E-state index >= 15 is 0 Å². The van der Waals surface area contributed by atoms with E-state index < -0.39 is 11.6 Å². The number of fused-ring (bicyclic) bond motifs is 6. The zero-order valence-corrected chi connectivity index (χ0v) is 18.3. The minimum absolute atomic E-state index is 0.276. The Morgan fingerprint density at radius 2 is 1.88 bits per heavy atom. The highest BCUT2D eigenvalue weighted by Gasteiger charge is 2.48. The number of nitrogens with zero attached hydrogens (tertiary/aromatic N) is 8. The third-order valence-corrected chi connectivity index (χ3v) is 6.78. The molecule has 1 atom stereocenters. The van der Waals surface area contributed by atoms with Gasteiger partial charge >= 0.3 is 0 Å². The van der Waals surface area contributed by atoms with Gasteiger partial charge in [-0.1, -0.05) is 6.92 Å². The van der Waals surface area contributed by atoms with Crippen LogP contribution in [-0.2, 0) is 5.54 Å². The summed E-state index contributed by atoms with van der Waals surface area (Å²) >= 11 is 0. The molecule has 1 saturated heterocycles. The molecule has 33 heavy (non-hydrogen) atoms. The zero-order chi connectivity index (χ0) is 22.7. The van der Waals surface area contributed by atoms with Crippen molar-refractivity contribution < 1.29 is 8.78 Å². The number of hydrogen-bond acceptors (Lipinski definition) is 6. The Morgan fingerprint density at radius 3 is 2.67 bits per heavy atom. The van der Waals surface area contributed by atoms with Gasteiger partial charge in [-0.25, -0.2) is 18.7 Å². The largest absolute Gasteiger partial charge is 0.342 e. The summed E-state index contributed by atoms with van der Waals surface area (Å²) in [5.74, 6) is 1.96. The lowest BCUT2D eigenvalue weighted by Gasteiger charge is -2.49. The Balaban J connectivity index is 1.54. The van der Waals surface area contributed by atoms with Crippen molar-refractivity contribution >= 4 is 5.82 Å². The lowest BCUT2D eigenvalue weighted by Crippen LogP contribution is -2.54. The van der Waals surface area contributed by atoms with Crippen LogP contribution in [0.5, 0.6) is 0 Å². The molecule has 0 spiro atoms. The van der Waals surface area contributed by atoms with E-state index in [1.807, 2.05) is 6.92 Å². The molecule has 0 amide bonds.